The van der Waals surface area contributed by atoms with Gasteiger partial charge in [0.2, 0.25) is 11.8 Å². The van der Waals surface area contributed by atoms with Crippen molar-refractivity contribution < 1.29 is 9.59 Å². The summed E-state index contributed by atoms with van der Waals surface area (Å²) in [5.74, 6) is 1.47. The smallest absolute Gasteiger partial charge is 0.230 e. The Morgan fingerprint density at radius 3 is 2.12 bits per heavy atom. The fraction of sp³-hybridized carbons (Fsp3) is 0.636. The molecule has 0 bridgehead atoms. The molecule has 1 heterocycles. The van der Waals surface area contributed by atoms with E-state index in [1.54, 1.807) is 0 Å². The Hall–Kier alpha value is -1.84. The molecule has 26 heavy (non-hydrogen) atoms. The molecule has 0 aromatic heterocycles. The topological polar surface area (TPSA) is 40.6 Å². The van der Waals surface area contributed by atoms with Gasteiger partial charge in [-0.05, 0) is 63.5 Å². The Balaban J connectivity index is 1.54. The van der Waals surface area contributed by atoms with Crippen LogP contribution in [0, 0.1) is 17.8 Å². The van der Waals surface area contributed by atoms with E-state index in [0.717, 1.165) is 63.2 Å². The van der Waals surface area contributed by atoms with Crippen LogP contribution in [0.1, 0.15) is 52.4 Å². The number of hydrogen-bond acceptors (Lipinski definition) is 2. The largest absolute Gasteiger partial charge is 0.342 e. The van der Waals surface area contributed by atoms with Gasteiger partial charge in [0.25, 0.3) is 0 Å². The maximum atomic E-state index is 13.0. The molecule has 1 aliphatic carbocycles. The monoisotopic (exact) mass is 356 g/mol. The Morgan fingerprint density at radius 2 is 1.54 bits per heavy atom. The highest BCUT2D eigenvalue weighted by molar-refractivity contribution is 5.95. The average molecular weight is 357 g/mol. The molecule has 0 N–H and O–H groups in total. The van der Waals surface area contributed by atoms with E-state index in [-0.39, 0.29) is 17.7 Å². The van der Waals surface area contributed by atoms with Crippen molar-refractivity contribution >= 4 is 17.5 Å². The van der Waals surface area contributed by atoms with Gasteiger partial charge >= 0.3 is 0 Å². The van der Waals surface area contributed by atoms with Crippen LogP contribution >= 0.6 is 0 Å². The second-order valence-electron chi connectivity index (χ2n) is 7.97. The van der Waals surface area contributed by atoms with Crippen molar-refractivity contribution in [1.82, 2.24) is 4.90 Å². The summed E-state index contributed by atoms with van der Waals surface area (Å²) < 4.78 is 0. The SMILES string of the molecule is CCN(C(=O)C1CCC(C(=O)N2CCC(C)CC2)CC1)c1ccccc1. The van der Waals surface area contributed by atoms with Gasteiger partial charge < -0.3 is 9.80 Å². The standard InChI is InChI=1S/C22H32N2O2/c1-3-24(20-7-5-4-6-8-20)22(26)19-11-9-18(10-12-19)21(25)23-15-13-17(2)14-16-23/h4-8,17-19H,3,9-16H2,1-2H3. The zero-order chi connectivity index (χ0) is 18.5. The first-order valence-corrected chi connectivity index (χ1v) is 10.2. The van der Waals surface area contributed by atoms with Crippen LogP contribution in [0.5, 0.6) is 0 Å². The summed E-state index contributed by atoms with van der Waals surface area (Å²) in [6, 6.07) is 9.91. The van der Waals surface area contributed by atoms with Crippen LogP contribution in [0.3, 0.4) is 0 Å². The Kier molecular flexibility index (Phi) is 6.33. The van der Waals surface area contributed by atoms with Crippen LogP contribution in [-0.4, -0.2) is 36.3 Å². The third-order valence-corrected chi connectivity index (χ3v) is 6.17. The van der Waals surface area contributed by atoms with Crippen LogP contribution in [-0.2, 0) is 9.59 Å². The van der Waals surface area contributed by atoms with Crippen molar-refractivity contribution in [2.45, 2.75) is 52.4 Å². The van der Waals surface area contributed by atoms with Gasteiger partial charge in [-0.25, -0.2) is 0 Å². The zero-order valence-electron chi connectivity index (χ0n) is 16.2. The maximum Gasteiger partial charge on any atom is 0.230 e. The van der Waals surface area contributed by atoms with Gasteiger partial charge in [-0.1, -0.05) is 25.1 Å². The van der Waals surface area contributed by atoms with Crippen molar-refractivity contribution in [2.75, 3.05) is 24.5 Å². The Bertz CT molecular complexity index is 600. The molecule has 2 fully saturated rings. The fourth-order valence-electron chi connectivity index (χ4n) is 4.37. The van der Waals surface area contributed by atoms with Crippen LogP contribution in [0.2, 0.25) is 0 Å². The number of nitrogens with zero attached hydrogens (tertiary/aromatic N) is 2. The molecular formula is C22H32N2O2. The first-order valence-electron chi connectivity index (χ1n) is 10.2. The normalized spacial score (nSPS) is 24.3. The van der Waals surface area contributed by atoms with Crippen molar-refractivity contribution in [3.8, 4) is 0 Å². The van der Waals surface area contributed by atoms with Crippen molar-refractivity contribution in [1.29, 1.82) is 0 Å². The first kappa shape index (κ1) is 18.9. The molecule has 1 aromatic rings. The number of carbonyl (C=O) groups is 2. The second-order valence-corrected chi connectivity index (χ2v) is 7.97. The summed E-state index contributed by atoms with van der Waals surface area (Å²) in [6.45, 7) is 6.81. The van der Waals surface area contributed by atoms with Gasteiger partial charge in [0.1, 0.15) is 0 Å². The molecule has 3 rings (SSSR count). The van der Waals surface area contributed by atoms with E-state index in [1.165, 1.54) is 0 Å². The molecular weight excluding hydrogens is 324 g/mol. The number of rotatable bonds is 4. The van der Waals surface area contributed by atoms with Gasteiger partial charge in [0.05, 0.1) is 0 Å². The molecule has 1 aliphatic heterocycles. The van der Waals surface area contributed by atoms with E-state index in [0.29, 0.717) is 12.5 Å². The van der Waals surface area contributed by atoms with Gasteiger partial charge in [-0.2, -0.15) is 0 Å². The number of hydrogen-bond donors (Lipinski definition) is 0. The number of para-hydroxylation sites is 1. The van der Waals surface area contributed by atoms with Crippen LogP contribution < -0.4 is 4.90 Å². The highest BCUT2D eigenvalue weighted by Crippen LogP contribution is 2.33. The van der Waals surface area contributed by atoms with E-state index in [4.69, 9.17) is 0 Å². The first-order chi connectivity index (χ1) is 12.6. The Labute approximate surface area is 157 Å². The molecule has 1 saturated heterocycles. The van der Waals surface area contributed by atoms with E-state index >= 15 is 0 Å². The lowest BCUT2D eigenvalue weighted by Gasteiger charge is -2.36. The second kappa shape index (κ2) is 8.70. The van der Waals surface area contributed by atoms with Gasteiger partial charge in [0.15, 0.2) is 0 Å². The van der Waals surface area contributed by atoms with Gasteiger partial charge in [0, 0.05) is 37.2 Å². The third-order valence-electron chi connectivity index (χ3n) is 6.17. The predicted molar refractivity (Wildman–Crippen MR) is 105 cm³/mol. The van der Waals surface area contributed by atoms with Gasteiger partial charge in [-0.15, -0.1) is 0 Å². The molecule has 0 spiro atoms. The summed E-state index contributed by atoms with van der Waals surface area (Å²) in [5.41, 5.74) is 0.973. The number of anilines is 1. The molecule has 2 aliphatic rings. The minimum absolute atomic E-state index is 0.0561. The zero-order valence-corrected chi connectivity index (χ0v) is 16.2. The quantitative estimate of drug-likeness (QED) is 0.815. The highest BCUT2D eigenvalue weighted by atomic mass is 16.2. The van der Waals surface area contributed by atoms with Crippen molar-refractivity contribution in [3.63, 3.8) is 0 Å². The fourth-order valence-corrected chi connectivity index (χ4v) is 4.37. The van der Waals surface area contributed by atoms with Crippen molar-refractivity contribution in [3.05, 3.63) is 30.3 Å². The molecule has 4 heteroatoms. The number of likely N-dealkylation sites (tertiary alicyclic amines) is 1. The number of benzene rings is 1. The predicted octanol–water partition coefficient (Wildman–Crippen LogP) is 4.10. The van der Waals surface area contributed by atoms with Crippen LogP contribution in [0.25, 0.3) is 0 Å². The summed E-state index contributed by atoms with van der Waals surface area (Å²) in [6.07, 6.45) is 5.64. The third kappa shape index (κ3) is 4.28. The van der Waals surface area contributed by atoms with Gasteiger partial charge in [-0.3, -0.25) is 9.59 Å². The highest BCUT2D eigenvalue weighted by Gasteiger charge is 2.34. The molecule has 0 atom stereocenters. The molecule has 2 amide bonds. The van der Waals surface area contributed by atoms with Crippen LogP contribution in [0.4, 0.5) is 5.69 Å². The molecule has 4 nitrogen and oxygen atoms in total. The maximum absolute atomic E-state index is 13.0. The minimum atomic E-state index is 0.0561. The molecule has 0 radical (unpaired) electrons. The molecule has 1 saturated carbocycles. The van der Waals surface area contributed by atoms with E-state index in [1.807, 2.05) is 42.2 Å². The number of carbonyl (C=O) groups excluding carboxylic acids is 2. The van der Waals surface area contributed by atoms with Crippen molar-refractivity contribution in [2.24, 2.45) is 17.8 Å². The molecule has 0 unspecified atom stereocenters. The lowest BCUT2D eigenvalue weighted by molar-refractivity contribution is -0.139. The summed E-state index contributed by atoms with van der Waals surface area (Å²) in [7, 11) is 0. The summed E-state index contributed by atoms with van der Waals surface area (Å²) in [4.78, 5) is 29.7. The van der Waals surface area contributed by atoms with E-state index in [2.05, 4.69) is 11.8 Å². The average Bonchev–Trinajstić information content (AvgIpc) is 2.69. The summed E-state index contributed by atoms with van der Waals surface area (Å²) >= 11 is 0. The summed E-state index contributed by atoms with van der Waals surface area (Å²) in [5, 5.41) is 0. The van der Waals surface area contributed by atoms with E-state index in [9.17, 15) is 9.59 Å². The minimum Gasteiger partial charge on any atom is -0.342 e. The van der Waals surface area contributed by atoms with E-state index < -0.39 is 0 Å². The lowest BCUT2D eigenvalue weighted by atomic mass is 9.80. The molecule has 142 valence electrons. The number of piperidine rings is 1. The number of amides is 2. The lowest BCUT2D eigenvalue weighted by Crippen LogP contribution is -2.43. The van der Waals surface area contributed by atoms with Crippen LogP contribution in [0.15, 0.2) is 30.3 Å². The Morgan fingerprint density at radius 1 is 0.962 bits per heavy atom. The molecule has 1 aromatic carbocycles.